The number of aliphatic imine (C=N–C) groups is 1. The molecule has 1 aromatic heterocycles. The minimum atomic E-state index is -1.65. The van der Waals surface area contributed by atoms with Crippen molar-refractivity contribution in [3.05, 3.63) is 51.6 Å². The van der Waals surface area contributed by atoms with Crippen LogP contribution in [0.5, 0.6) is 0 Å². The van der Waals surface area contributed by atoms with Crippen molar-refractivity contribution in [3.63, 3.8) is 0 Å². The van der Waals surface area contributed by atoms with E-state index in [4.69, 9.17) is 11.5 Å². The lowest BCUT2D eigenvalue weighted by Crippen LogP contribution is -2.60. The zero-order valence-corrected chi connectivity index (χ0v) is 43.3. The van der Waals surface area contributed by atoms with Crippen molar-refractivity contribution in [3.8, 4) is 0 Å². The third-order valence-corrected chi connectivity index (χ3v) is 11.1. The van der Waals surface area contributed by atoms with Gasteiger partial charge in [-0.3, -0.25) is 53.4 Å². The predicted molar refractivity (Wildman–Crippen MR) is 268 cm³/mol. The number of nitrogens with two attached hydrogens (primary N) is 2. The number of aliphatic hydroxyl groups excluding tert-OH is 1. The van der Waals surface area contributed by atoms with E-state index in [9.17, 15) is 63.1 Å². The molecule has 1 aromatic carbocycles. The number of carbonyl (C=O) groups is 8. The average Bonchev–Trinajstić information content (AvgIpc) is 3.76. The van der Waals surface area contributed by atoms with E-state index in [-0.39, 0.29) is 80.9 Å². The van der Waals surface area contributed by atoms with E-state index in [1.54, 1.807) is 38.6 Å². The fourth-order valence-electron chi connectivity index (χ4n) is 7.34. The van der Waals surface area contributed by atoms with Crippen LogP contribution in [-0.4, -0.2) is 132 Å². The average molecular weight is 1050 g/mol. The molecule has 13 N–H and O–H groups in total. The third kappa shape index (κ3) is 23.0. The topological polar surface area (TPSA) is 399 Å². The molecule has 1 heterocycles. The fourth-order valence-corrected chi connectivity index (χ4v) is 7.34. The van der Waals surface area contributed by atoms with Gasteiger partial charge >= 0.3 is 11.7 Å². The van der Waals surface area contributed by atoms with Gasteiger partial charge in [-0.2, -0.15) is 4.39 Å². The fraction of sp³-hybridized carbons (Fsp3) is 0.638. The second kappa shape index (κ2) is 31.3. The molecule has 0 bridgehead atoms. The van der Waals surface area contributed by atoms with Crippen LogP contribution in [0.1, 0.15) is 129 Å². The highest BCUT2D eigenvalue weighted by molar-refractivity contribution is 5.97. The Hall–Kier alpha value is -7.32. The molecule has 0 aliphatic rings. The molecule has 0 spiro atoms. The van der Waals surface area contributed by atoms with E-state index >= 15 is 0 Å². The number of aromatic nitrogens is 3. The maximum atomic E-state index is 14.0. The number of nitrogens with one attached hydrogen (secondary N) is 7. The second-order valence-electron chi connectivity index (χ2n) is 19.3. The summed E-state index contributed by atoms with van der Waals surface area (Å²) in [4.78, 5) is 120. The summed E-state index contributed by atoms with van der Waals surface area (Å²) >= 11 is 0. The van der Waals surface area contributed by atoms with Crippen molar-refractivity contribution in [1.29, 1.82) is 0 Å². The SMILES string of the molecule is CC(C)C[C@H](NC(=O)CCCCCn1cc(CNC(=O)c2ccc([18F])c([N+](=O)[O-])c2)nn1)C(=O)N[C@@H](C)C(=O)N[C@@H](CCCN=C(N)N)C(=O)N[C@@H](CC(C)C)C(=O)N[C@@H](CC(C)C)C(=O)N[C@H](C(=O)O)[C@@H](C)O. The summed E-state index contributed by atoms with van der Waals surface area (Å²) in [6.07, 6.45) is 2.51. The first kappa shape index (κ1) is 62.8. The minimum Gasteiger partial charge on any atom is -0.480 e. The van der Waals surface area contributed by atoms with Gasteiger partial charge in [0.25, 0.3) is 5.91 Å². The van der Waals surface area contributed by atoms with Gasteiger partial charge in [-0.1, -0.05) is 53.2 Å². The Balaban J connectivity index is 2.05. The summed E-state index contributed by atoms with van der Waals surface area (Å²) in [5, 5.41) is 56.6. The van der Waals surface area contributed by atoms with Gasteiger partial charge in [0.1, 0.15) is 35.9 Å². The number of nitro benzene ring substituents is 1. The zero-order chi connectivity index (χ0) is 55.8. The summed E-state index contributed by atoms with van der Waals surface area (Å²) < 4.78 is 15.2. The summed E-state index contributed by atoms with van der Waals surface area (Å²) in [5.41, 5.74) is 10.4. The van der Waals surface area contributed by atoms with E-state index in [1.165, 1.54) is 13.8 Å². The molecule has 0 saturated carbocycles. The number of rotatable bonds is 33. The van der Waals surface area contributed by atoms with Gasteiger partial charge in [0.15, 0.2) is 12.0 Å². The summed E-state index contributed by atoms with van der Waals surface area (Å²) in [6.45, 7) is 13.9. The first-order valence-corrected chi connectivity index (χ1v) is 24.6. The molecule has 0 fully saturated rings. The van der Waals surface area contributed by atoms with Crippen molar-refractivity contribution >= 4 is 59.0 Å². The molecule has 0 aliphatic heterocycles. The Kier molecular flexibility index (Phi) is 26.6. The molecule has 2 rings (SSSR count). The Labute approximate surface area is 429 Å². The van der Waals surface area contributed by atoms with Gasteiger partial charge in [-0.15, -0.1) is 5.10 Å². The Morgan fingerprint density at radius 3 is 1.82 bits per heavy atom. The minimum absolute atomic E-state index is 0.0116. The number of amides is 7. The van der Waals surface area contributed by atoms with Crippen LogP contribution in [0.15, 0.2) is 29.4 Å². The molecule has 0 radical (unpaired) electrons. The van der Waals surface area contributed by atoms with Crippen LogP contribution < -0.4 is 48.7 Å². The maximum absolute atomic E-state index is 14.0. The number of carbonyl (C=O) groups excluding carboxylic acids is 7. The number of halogens is 1. The zero-order valence-electron chi connectivity index (χ0n) is 43.3. The Morgan fingerprint density at radius 2 is 1.28 bits per heavy atom. The van der Waals surface area contributed by atoms with Crippen molar-refractivity contribution in [2.75, 3.05) is 6.54 Å². The molecule has 74 heavy (non-hydrogen) atoms. The highest BCUT2D eigenvalue weighted by Gasteiger charge is 2.34. The summed E-state index contributed by atoms with van der Waals surface area (Å²) in [7, 11) is 0. The smallest absolute Gasteiger partial charge is 0.328 e. The van der Waals surface area contributed by atoms with Gasteiger partial charge in [0, 0.05) is 31.1 Å². The highest BCUT2D eigenvalue weighted by Crippen LogP contribution is 2.19. The lowest BCUT2D eigenvalue weighted by Gasteiger charge is -2.28. The third-order valence-electron chi connectivity index (χ3n) is 11.1. The van der Waals surface area contributed by atoms with Crippen LogP contribution in [0.3, 0.4) is 0 Å². The van der Waals surface area contributed by atoms with Crippen molar-refractivity contribution < 1.29 is 57.9 Å². The standard InChI is InChI=1S/C47H75FN14O12/c1-25(2)19-34(54-38(64)14-10-9-11-18-61-24-31(59-60-61)23-52-41(66)30-15-16-32(48)37(22-30)62(73)74)43(68)53-28(7)40(65)55-33(13-12-17-51-47(49)50)42(67)56-35(20-26(3)4)44(69)57-36(21-27(5)6)45(70)58-39(29(8)63)46(71)72/h15-16,22,24-29,33-36,39,63H,9-14,17-21,23H2,1-8H3,(H,52,66)(H,53,68)(H,54,64)(H,55,65)(H,56,67)(H,57,69)(H,58,70)(H,71,72)(H4,49,50,51)/t28-,29+,33-,34-,35-,36-,39-/m0/s1/i48-1. The lowest BCUT2D eigenvalue weighted by molar-refractivity contribution is -0.387. The van der Waals surface area contributed by atoms with Gasteiger partial charge in [0.2, 0.25) is 41.3 Å². The number of unbranched alkanes of at least 4 members (excludes halogenated alkanes) is 2. The van der Waals surface area contributed by atoms with Crippen molar-refractivity contribution in [2.24, 2.45) is 34.2 Å². The summed E-state index contributed by atoms with van der Waals surface area (Å²) in [5.74, 6) is -7.94. The number of hydrogen-bond donors (Lipinski definition) is 11. The molecular formula is C47H75FN14O12. The molecule has 412 valence electrons. The van der Waals surface area contributed by atoms with Gasteiger partial charge < -0.3 is 58.9 Å². The highest BCUT2D eigenvalue weighted by atomic mass is 18.2. The molecular weight excluding hydrogens is 971 g/mol. The molecule has 7 atom stereocenters. The van der Waals surface area contributed by atoms with E-state index in [1.807, 2.05) is 13.8 Å². The van der Waals surface area contributed by atoms with Crippen LogP contribution in [0.2, 0.25) is 0 Å². The number of aliphatic hydroxyl groups is 1. The number of hydrogen-bond acceptors (Lipinski definition) is 14. The number of guanidine groups is 1. The number of aryl methyl sites for hydroxylation is 1. The molecule has 0 unspecified atom stereocenters. The number of nitro groups is 1. The summed E-state index contributed by atoms with van der Waals surface area (Å²) in [6, 6.07) is -4.81. The number of aliphatic carboxylic acids is 1. The molecule has 27 heteroatoms. The van der Waals surface area contributed by atoms with Crippen LogP contribution in [0.25, 0.3) is 0 Å². The molecule has 0 saturated heterocycles. The lowest BCUT2D eigenvalue weighted by atomic mass is 9.99. The predicted octanol–water partition coefficient (Wildman–Crippen LogP) is 0.402. The van der Waals surface area contributed by atoms with E-state index in [0.717, 1.165) is 18.2 Å². The number of carboxylic acids is 1. The van der Waals surface area contributed by atoms with Gasteiger partial charge in [-0.25, -0.2) is 4.79 Å². The molecule has 26 nitrogen and oxygen atoms in total. The van der Waals surface area contributed by atoms with E-state index in [0.29, 0.717) is 31.5 Å². The van der Waals surface area contributed by atoms with Crippen LogP contribution in [0, 0.1) is 33.7 Å². The van der Waals surface area contributed by atoms with Crippen molar-refractivity contribution in [2.45, 2.75) is 169 Å². The Bertz CT molecular complexity index is 2270. The number of carboxylic acid groups (broad SMARTS) is 1. The largest absolute Gasteiger partial charge is 0.480 e. The van der Waals surface area contributed by atoms with Crippen molar-refractivity contribution in [1.82, 2.24) is 52.2 Å². The van der Waals surface area contributed by atoms with Crippen LogP contribution >= 0.6 is 0 Å². The van der Waals surface area contributed by atoms with E-state index < -0.39 is 106 Å². The van der Waals surface area contributed by atoms with Gasteiger partial charge in [-0.05, 0) is 88.7 Å². The monoisotopic (exact) mass is 1050 g/mol. The second-order valence-corrected chi connectivity index (χ2v) is 19.3. The van der Waals surface area contributed by atoms with Gasteiger partial charge in [0.05, 0.1) is 23.8 Å². The molecule has 7 amide bonds. The van der Waals surface area contributed by atoms with Crippen LogP contribution in [0.4, 0.5) is 10.1 Å². The maximum Gasteiger partial charge on any atom is 0.328 e. The number of nitrogens with zero attached hydrogens (tertiary/aromatic N) is 5. The quantitative estimate of drug-likeness (QED) is 0.0152. The van der Waals surface area contributed by atoms with Crippen LogP contribution in [-0.2, 0) is 46.7 Å². The first-order chi connectivity index (χ1) is 34.7. The molecule has 0 aliphatic carbocycles. The Morgan fingerprint density at radius 1 is 0.743 bits per heavy atom. The number of benzene rings is 1. The molecule has 2 aromatic rings. The normalized spacial score (nSPS) is 14.1. The van der Waals surface area contributed by atoms with E-state index in [2.05, 4.69) is 52.5 Å². The first-order valence-electron chi connectivity index (χ1n) is 24.6.